The summed E-state index contributed by atoms with van der Waals surface area (Å²) in [5.74, 6) is 0.191. The molecular formula is C18H14LiO4P. The Morgan fingerprint density at radius 1 is 0.792 bits per heavy atom. The van der Waals surface area contributed by atoms with Crippen LogP contribution in [0.2, 0.25) is 0 Å². The molecular weight excluding hydrogens is 318 g/mol. The van der Waals surface area contributed by atoms with E-state index in [0.29, 0.717) is 5.39 Å². The van der Waals surface area contributed by atoms with Gasteiger partial charge in [-0.05, 0) is 45.1 Å². The predicted octanol–water partition coefficient (Wildman–Crippen LogP) is 1.73. The van der Waals surface area contributed by atoms with Crippen LogP contribution in [0.5, 0.6) is 5.75 Å². The Bertz CT molecular complexity index is 1110. The van der Waals surface area contributed by atoms with E-state index in [4.69, 9.17) is 14.3 Å². The number of fused-ring (bicyclic) bond motifs is 4. The van der Waals surface area contributed by atoms with Crippen LogP contribution in [-0.2, 0) is 4.57 Å². The van der Waals surface area contributed by atoms with E-state index < -0.39 is 7.82 Å². The fourth-order valence-electron chi connectivity index (χ4n) is 2.97. The van der Waals surface area contributed by atoms with Gasteiger partial charge >= 0.3 is 26.7 Å². The molecule has 2 N–H and O–H groups in total. The van der Waals surface area contributed by atoms with Crippen molar-refractivity contribution in [2.45, 2.75) is 0 Å². The maximum absolute atomic E-state index is 11.3. The van der Waals surface area contributed by atoms with Crippen molar-refractivity contribution in [3.05, 3.63) is 66.7 Å². The van der Waals surface area contributed by atoms with E-state index in [1.165, 1.54) is 0 Å². The normalized spacial score (nSPS) is 11.6. The molecule has 0 atom stereocenters. The molecule has 4 aromatic rings. The van der Waals surface area contributed by atoms with Gasteiger partial charge in [0.05, 0.1) is 0 Å². The Morgan fingerprint density at radius 2 is 1.42 bits per heavy atom. The first-order chi connectivity index (χ1) is 11.0. The summed E-state index contributed by atoms with van der Waals surface area (Å²) in [6.07, 6.45) is 0. The van der Waals surface area contributed by atoms with Gasteiger partial charge in [-0.3, -0.25) is 9.79 Å². The SMILES string of the molecule is O=P(O)(O)Oc1cccc2ccc3cc4ccccc4cc3c12.[H-].[Li+]. The minimum atomic E-state index is -4.62. The number of hydrogen-bond acceptors (Lipinski definition) is 2. The van der Waals surface area contributed by atoms with Gasteiger partial charge in [-0.2, -0.15) is 0 Å². The summed E-state index contributed by atoms with van der Waals surface area (Å²) in [5, 5.41) is 5.67. The third-order valence-corrected chi connectivity index (χ3v) is 4.34. The van der Waals surface area contributed by atoms with Crippen molar-refractivity contribution in [2.75, 3.05) is 0 Å². The molecule has 4 nitrogen and oxygen atoms in total. The number of phosphoric ester groups is 1. The average molecular weight is 332 g/mol. The van der Waals surface area contributed by atoms with Gasteiger partial charge in [-0.25, -0.2) is 4.57 Å². The first-order valence-corrected chi connectivity index (χ1v) is 8.64. The Kier molecular flexibility index (Phi) is 4.44. The van der Waals surface area contributed by atoms with Gasteiger partial charge < -0.3 is 5.95 Å². The van der Waals surface area contributed by atoms with Crippen LogP contribution in [0.15, 0.2) is 66.7 Å². The summed E-state index contributed by atoms with van der Waals surface area (Å²) in [4.78, 5) is 18.3. The second-order valence-corrected chi connectivity index (χ2v) is 6.59. The maximum atomic E-state index is 11.3. The number of hydrogen-bond donors (Lipinski definition) is 2. The molecule has 0 aliphatic carbocycles. The summed E-state index contributed by atoms with van der Waals surface area (Å²) in [5.41, 5.74) is 0. The van der Waals surface area contributed by atoms with E-state index in [9.17, 15) is 4.57 Å². The smallest absolute Gasteiger partial charge is 1.00 e. The molecule has 116 valence electrons. The van der Waals surface area contributed by atoms with E-state index in [-0.39, 0.29) is 26.0 Å². The van der Waals surface area contributed by atoms with Gasteiger partial charge in [0.25, 0.3) is 0 Å². The van der Waals surface area contributed by atoms with Crippen LogP contribution < -0.4 is 23.4 Å². The van der Waals surface area contributed by atoms with Crippen molar-refractivity contribution in [1.82, 2.24) is 0 Å². The van der Waals surface area contributed by atoms with Gasteiger partial charge in [0.1, 0.15) is 5.75 Å². The van der Waals surface area contributed by atoms with E-state index in [1.807, 2.05) is 48.5 Å². The van der Waals surface area contributed by atoms with E-state index >= 15 is 0 Å². The van der Waals surface area contributed by atoms with Gasteiger partial charge in [0.2, 0.25) is 0 Å². The van der Waals surface area contributed by atoms with Gasteiger partial charge in [-0.15, -0.1) is 0 Å². The molecule has 0 heterocycles. The monoisotopic (exact) mass is 332 g/mol. The van der Waals surface area contributed by atoms with E-state index in [0.717, 1.165) is 26.9 Å². The maximum Gasteiger partial charge on any atom is 1.00 e. The van der Waals surface area contributed by atoms with Gasteiger partial charge in [0.15, 0.2) is 0 Å². The zero-order valence-corrected chi connectivity index (χ0v) is 13.9. The number of rotatable bonds is 2. The number of benzene rings is 4. The van der Waals surface area contributed by atoms with Gasteiger partial charge in [-0.1, -0.05) is 48.5 Å². The molecule has 0 aliphatic rings. The third kappa shape index (κ3) is 3.08. The fraction of sp³-hybridized carbons (Fsp3) is 0. The summed E-state index contributed by atoms with van der Waals surface area (Å²) in [7, 11) is -4.62. The zero-order valence-electron chi connectivity index (χ0n) is 14.0. The Morgan fingerprint density at radius 3 is 2.12 bits per heavy atom. The Balaban J connectivity index is 0.00000113. The van der Waals surface area contributed by atoms with Gasteiger partial charge in [0, 0.05) is 5.39 Å². The molecule has 0 unspecified atom stereocenters. The third-order valence-electron chi connectivity index (χ3n) is 3.91. The van der Waals surface area contributed by atoms with Crippen molar-refractivity contribution >= 4 is 40.1 Å². The molecule has 4 rings (SSSR count). The second-order valence-electron chi connectivity index (χ2n) is 5.42. The standard InChI is InChI=1S/C18H13O4P.Li.H/c19-23(20,21)22-17-7-3-6-12-8-9-15-10-13-4-1-2-5-14(13)11-16(15)18(12)17;;/h1-11H,(H2,19,20,21);;/q;+1;-1. The van der Waals surface area contributed by atoms with Crippen molar-refractivity contribution in [3.8, 4) is 5.75 Å². The van der Waals surface area contributed by atoms with Crippen LogP contribution in [0.3, 0.4) is 0 Å². The van der Waals surface area contributed by atoms with Crippen LogP contribution in [0.1, 0.15) is 1.43 Å². The molecule has 0 radical (unpaired) electrons. The predicted molar refractivity (Wildman–Crippen MR) is 92.7 cm³/mol. The molecule has 0 spiro atoms. The van der Waals surface area contributed by atoms with Crippen LogP contribution >= 0.6 is 7.82 Å². The van der Waals surface area contributed by atoms with E-state index in [2.05, 4.69) is 6.07 Å². The zero-order chi connectivity index (χ0) is 16.0. The Labute approximate surface area is 152 Å². The first-order valence-electron chi connectivity index (χ1n) is 7.11. The minimum Gasteiger partial charge on any atom is -1.00 e. The molecule has 6 heteroatoms. The first kappa shape index (κ1) is 17.0. The summed E-state index contributed by atoms with van der Waals surface area (Å²) in [6, 6.07) is 21.2. The molecule has 4 aromatic carbocycles. The Hall–Kier alpha value is -1.79. The van der Waals surface area contributed by atoms with Crippen LogP contribution in [-0.4, -0.2) is 9.79 Å². The molecule has 0 aliphatic heterocycles. The molecule has 0 aromatic heterocycles. The summed E-state index contributed by atoms with van der Waals surface area (Å²) < 4.78 is 16.2. The van der Waals surface area contributed by atoms with E-state index in [1.54, 1.807) is 12.1 Å². The van der Waals surface area contributed by atoms with Crippen LogP contribution in [0, 0.1) is 0 Å². The number of phosphoric acid groups is 1. The van der Waals surface area contributed by atoms with Crippen LogP contribution in [0.4, 0.5) is 0 Å². The molecule has 0 amide bonds. The molecule has 0 saturated heterocycles. The quantitative estimate of drug-likeness (QED) is 0.254. The molecule has 24 heavy (non-hydrogen) atoms. The topological polar surface area (TPSA) is 66.8 Å². The summed E-state index contributed by atoms with van der Waals surface area (Å²) in [6.45, 7) is 0. The molecule has 0 bridgehead atoms. The van der Waals surface area contributed by atoms with Crippen molar-refractivity contribution in [1.29, 1.82) is 0 Å². The summed E-state index contributed by atoms with van der Waals surface area (Å²) >= 11 is 0. The minimum absolute atomic E-state index is 0. The molecule has 0 fully saturated rings. The second kappa shape index (κ2) is 6.26. The van der Waals surface area contributed by atoms with Crippen molar-refractivity contribution < 1.29 is 39.2 Å². The fourth-order valence-corrected chi connectivity index (χ4v) is 3.38. The van der Waals surface area contributed by atoms with Crippen molar-refractivity contribution in [2.24, 2.45) is 0 Å². The largest absolute Gasteiger partial charge is 1.00 e. The average Bonchev–Trinajstić information content (AvgIpc) is 2.51. The van der Waals surface area contributed by atoms with Crippen molar-refractivity contribution in [3.63, 3.8) is 0 Å². The van der Waals surface area contributed by atoms with Crippen LogP contribution in [0.25, 0.3) is 32.3 Å². The molecule has 0 saturated carbocycles.